The predicted molar refractivity (Wildman–Crippen MR) is 69.7 cm³/mol. The molecule has 0 unspecified atom stereocenters. The number of aromatic nitrogens is 1. The molecule has 1 aliphatic heterocycles. The Bertz CT molecular complexity index is 374. The van der Waals surface area contributed by atoms with E-state index >= 15 is 0 Å². The van der Waals surface area contributed by atoms with Gasteiger partial charge in [0, 0.05) is 18.3 Å². The maximum absolute atomic E-state index is 4.77. The van der Waals surface area contributed by atoms with Gasteiger partial charge in [-0.25, -0.2) is 9.29 Å². The molecule has 0 saturated carbocycles. The Morgan fingerprint density at radius 2 is 2.00 bits per heavy atom. The molecule has 0 fully saturated rings. The molecule has 2 rings (SSSR count). The van der Waals surface area contributed by atoms with E-state index in [0.717, 1.165) is 13.0 Å². The number of nitrogens with zero attached hydrogens (tertiary/aromatic N) is 2. The van der Waals surface area contributed by atoms with E-state index in [4.69, 9.17) is 4.98 Å². The summed E-state index contributed by atoms with van der Waals surface area (Å²) in [7, 11) is 0. The minimum absolute atomic E-state index is 0.514. The first-order valence-electron chi connectivity index (χ1n) is 6.02. The van der Waals surface area contributed by atoms with Gasteiger partial charge in [0.1, 0.15) is 5.03 Å². The fourth-order valence-corrected chi connectivity index (χ4v) is 2.87. The van der Waals surface area contributed by atoms with Gasteiger partial charge in [-0.05, 0) is 49.8 Å². The zero-order valence-electron chi connectivity index (χ0n) is 10.5. The third kappa shape index (κ3) is 2.41. The lowest BCUT2D eigenvalue weighted by molar-refractivity contribution is 0.390. The van der Waals surface area contributed by atoms with Gasteiger partial charge in [0.25, 0.3) is 0 Å². The molecule has 0 atom stereocenters. The van der Waals surface area contributed by atoms with Crippen LogP contribution in [0.4, 0.5) is 0 Å². The molecule has 0 aliphatic carbocycles. The Balaban J connectivity index is 2.25. The van der Waals surface area contributed by atoms with Crippen molar-refractivity contribution in [2.75, 3.05) is 6.54 Å². The summed E-state index contributed by atoms with van der Waals surface area (Å²) in [6.07, 6.45) is 1.13. The molecular weight excluding hydrogens is 216 g/mol. The van der Waals surface area contributed by atoms with Crippen molar-refractivity contribution >= 4 is 11.9 Å². The van der Waals surface area contributed by atoms with Crippen LogP contribution in [0.25, 0.3) is 0 Å². The van der Waals surface area contributed by atoms with Crippen molar-refractivity contribution < 1.29 is 0 Å². The summed E-state index contributed by atoms with van der Waals surface area (Å²) in [5.41, 5.74) is 2.61. The standard InChI is InChI=1S/C13H20N2S/c1-9(2)12-6-5-11-7-8-15(10(3)4)16-13(11)14-12/h5-6,9-10H,7-8H2,1-4H3. The van der Waals surface area contributed by atoms with E-state index in [0.29, 0.717) is 12.0 Å². The van der Waals surface area contributed by atoms with Gasteiger partial charge in [0.2, 0.25) is 0 Å². The second-order valence-electron chi connectivity index (χ2n) is 4.93. The van der Waals surface area contributed by atoms with Crippen molar-refractivity contribution in [1.29, 1.82) is 0 Å². The summed E-state index contributed by atoms with van der Waals surface area (Å²) < 4.78 is 2.42. The highest BCUT2D eigenvalue weighted by atomic mass is 32.2. The lowest BCUT2D eigenvalue weighted by Gasteiger charge is -2.30. The number of pyridine rings is 1. The Hall–Kier alpha value is -0.540. The Morgan fingerprint density at radius 1 is 1.25 bits per heavy atom. The minimum atomic E-state index is 0.514. The molecule has 2 nitrogen and oxygen atoms in total. The van der Waals surface area contributed by atoms with Gasteiger partial charge in [-0.2, -0.15) is 0 Å². The van der Waals surface area contributed by atoms with Gasteiger partial charge in [0.15, 0.2) is 0 Å². The van der Waals surface area contributed by atoms with Crippen molar-refractivity contribution in [3.8, 4) is 0 Å². The van der Waals surface area contributed by atoms with Crippen molar-refractivity contribution in [1.82, 2.24) is 9.29 Å². The van der Waals surface area contributed by atoms with Gasteiger partial charge in [-0.1, -0.05) is 19.9 Å². The lowest BCUT2D eigenvalue weighted by atomic mass is 10.1. The highest BCUT2D eigenvalue weighted by Crippen LogP contribution is 2.32. The van der Waals surface area contributed by atoms with Crippen molar-refractivity contribution in [2.24, 2.45) is 0 Å². The van der Waals surface area contributed by atoms with E-state index in [1.165, 1.54) is 16.3 Å². The summed E-state index contributed by atoms with van der Waals surface area (Å²) in [5, 5.41) is 1.21. The van der Waals surface area contributed by atoms with Gasteiger partial charge < -0.3 is 0 Å². The third-order valence-electron chi connectivity index (χ3n) is 2.93. The maximum atomic E-state index is 4.77. The van der Waals surface area contributed by atoms with Crippen LogP contribution < -0.4 is 0 Å². The van der Waals surface area contributed by atoms with Crippen LogP contribution in [-0.4, -0.2) is 21.9 Å². The fraction of sp³-hybridized carbons (Fsp3) is 0.615. The molecule has 3 heteroatoms. The van der Waals surface area contributed by atoms with Crippen molar-refractivity contribution in [2.45, 2.75) is 51.1 Å². The quantitative estimate of drug-likeness (QED) is 0.731. The number of hydrogen-bond donors (Lipinski definition) is 0. The van der Waals surface area contributed by atoms with Crippen LogP contribution in [0.15, 0.2) is 17.2 Å². The normalized spacial score (nSPS) is 16.9. The van der Waals surface area contributed by atoms with E-state index in [1.807, 2.05) is 11.9 Å². The fourth-order valence-electron chi connectivity index (χ4n) is 1.83. The Labute approximate surface area is 103 Å². The number of rotatable bonds is 2. The van der Waals surface area contributed by atoms with Crippen molar-refractivity contribution in [3.63, 3.8) is 0 Å². The molecule has 2 heterocycles. The van der Waals surface area contributed by atoms with Crippen LogP contribution in [0.5, 0.6) is 0 Å². The average Bonchev–Trinajstić information content (AvgIpc) is 2.27. The number of fused-ring (bicyclic) bond motifs is 1. The van der Waals surface area contributed by atoms with E-state index in [1.54, 1.807) is 0 Å². The summed E-state index contributed by atoms with van der Waals surface area (Å²) in [4.78, 5) is 4.77. The minimum Gasteiger partial charge on any atom is -0.245 e. The molecule has 0 amide bonds. The summed E-state index contributed by atoms with van der Waals surface area (Å²) in [6.45, 7) is 10.0. The van der Waals surface area contributed by atoms with Gasteiger partial charge in [-0.15, -0.1) is 0 Å². The second-order valence-corrected chi connectivity index (χ2v) is 5.97. The number of hydrogen-bond acceptors (Lipinski definition) is 3. The van der Waals surface area contributed by atoms with Crippen LogP contribution in [0.1, 0.15) is 44.9 Å². The Morgan fingerprint density at radius 3 is 2.62 bits per heavy atom. The first-order valence-corrected chi connectivity index (χ1v) is 6.79. The van der Waals surface area contributed by atoms with Crippen LogP contribution in [0, 0.1) is 0 Å². The van der Waals surface area contributed by atoms with Crippen LogP contribution in [-0.2, 0) is 6.42 Å². The van der Waals surface area contributed by atoms with Crippen LogP contribution >= 0.6 is 11.9 Å². The molecule has 88 valence electrons. The molecular formula is C13H20N2S. The summed E-state index contributed by atoms with van der Waals surface area (Å²) >= 11 is 1.82. The topological polar surface area (TPSA) is 16.1 Å². The summed E-state index contributed by atoms with van der Waals surface area (Å²) in [6, 6.07) is 5.01. The van der Waals surface area contributed by atoms with Gasteiger partial charge in [0.05, 0.1) is 0 Å². The zero-order valence-corrected chi connectivity index (χ0v) is 11.3. The van der Waals surface area contributed by atoms with Gasteiger partial charge >= 0.3 is 0 Å². The van der Waals surface area contributed by atoms with E-state index in [-0.39, 0.29) is 0 Å². The van der Waals surface area contributed by atoms with E-state index in [9.17, 15) is 0 Å². The lowest BCUT2D eigenvalue weighted by Crippen LogP contribution is -2.29. The molecule has 1 aromatic heterocycles. The molecule has 0 bridgehead atoms. The molecule has 0 N–H and O–H groups in total. The van der Waals surface area contributed by atoms with E-state index < -0.39 is 0 Å². The first kappa shape index (κ1) is 11.9. The SMILES string of the molecule is CC(C)c1ccc2c(n1)SN(C(C)C)CC2. The Kier molecular flexibility index (Phi) is 3.55. The maximum Gasteiger partial charge on any atom is 0.115 e. The second kappa shape index (κ2) is 4.76. The summed E-state index contributed by atoms with van der Waals surface area (Å²) in [5.74, 6) is 0.514. The molecule has 0 saturated heterocycles. The largest absolute Gasteiger partial charge is 0.245 e. The predicted octanol–water partition coefficient (Wildman–Crippen LogP) is 3.48. The highest BCUT2D eigenvalue weighted by Gasteiger charge is 2.21. The van der Waals surface area contributed by atoms with Crippen LogP contribution in [0.2, 0.25) is 0 Å². The monoisotopic (exact) mass is 236 g/mol. The van der Waals surface area contributed by atoms with E-state index in [2.05, 4.69) is 44.1 Å². The molecule has 0 spiro atoms. The highest BCUT2D eigenvalue weighted by molar-refractivity contribution is 7.97. The van der Waals surface area contributed by atoms with Crippen molar-refractivity contribution in [3.05, 3.63) is 23.4 Å². The van der Waals surface area contributed by atoms with Gasteiger partial charge in [-0.3, -0.25) is 0 Å². The first-order chi connectivity index (χ1) is 7.58. The molecule has 0 radical (unpaired) electrons. The average molecular weight is 236 g/mol. The molecule has 1 aromatic rings. The molecule has 16 heavy (non-hydrogen) atoms. The third-order valence-corrected chi connectivity index (χ3v) is 4.30. The van der Waals surface area contributed by atoms with Crippen LogP contribution in [0.3, 0.4) is 0 Å². The molecule has 1 aliphatic rings. The smallest absolute Gasteiger partial charge is 0.115 e. The zero-order chi connectivity index (χ0) is 11.7. The molecule has 0 aromatic carbocycles.